The minimum atomic E-state index is -0.886. The van der Waals surface area contributed by atoms with Crippen LogP contribution in [0, 0.1) is 0 Å². The fourth-order valence-corrected chi connectivity index (χ4v) is 1.39. The summed E-state index contributed by atoms with van der Waals surface area (Å²) >= 11 is 0. The molecule has 1 fully saturated rings. The third-order valence-corrected chi connectivity index (χ3v) is 2.13. The Kier molecular flexibility index (Phi) is 3.64. The van der Waals surface area contributed by atoms with Gasteiger partial charge in [-0.1, -0.05) is 0 Å². The van der Waals surface area contributed by atoms with Crippen LogP contribution in [0.2, 0.25) is 0 Å². The summed E-state index contributed by atoms with van der Waals surface area (Å²) in [5.41, 5.74) is -0.360. The van der Waals surface area contributed by atoms with E-state index in [0.29, 0.717) is 25.9 Å². The van der Waals surface area contributed by atoms with Crippen molar-refractivity contribution in [3.8, 4) is 0 Å². The van der Waals surface area contributed by atoms with Gasteiger partial charge >= 0.3 is 0 Å². The molecule has 0 aromatic rings. The largest absolute Gasteiger partial charge is 0.356 e. The second-order valence-corrected chi connectivity index (χ2v) is 4.63. The van der Waals surface area contributed by atoms with Gasteiger partial charge in [0.1, 0.15) is 5.78 Å². The van der Waals surface area contributed by atoms with Crippen LogP contribution in [-0.4, -0.2) is 40.9 Å². The zero-order valence-electron chi connectivity index (χ0n) is 9.12. The Morgan fingerprint density at radius 1 is 1.36 bits per heavy atom. The molecule has 0 unspecified atom stereocenters. The molecule has 0 radical (unpaired) electrons. The molecular weight excluding hydrogens is 182 g/mol. The van der Waals surface area contributed by atoms with E-state index in [9.17, 15) is 9.90 Å². The molecule has 0 aromatic heterocycles. The highest BCUT2D eigenvalue weighted by atomic mass is 16.6. The van der Waals surface area contributed by atoms with E-state index in [2.05, 4.69) is 0 Å². The number of ketones is 1. The van der Waals surface area contributed by atoms with E-state index in [1.807, 2.05) is 20.8 Å². The molecule has 1 aliphatic heterocycles. The summed E-state index contributed by atoms with van der Waals surface area (Å²) in [5.74, 6) is 0.268. The molecular formula is C10H19NO3. The van der Waals surface area contributed by atoms with Crippen molar-refractivity contribution in [3.63, 3.8) is 0 Å². The van der Waals surface area contributed by atoms with Crippen molar-refractivity contribution in [1.29, 1.82) is 0 Å². The smallest absolute Gasteiger partial charge is 0.216 e. The summed E-state index contributed by atoms with van der Waals surface area (Å²) in [7, 11) is 0. The van der Waals surface area contributed by atoms with E-state index in [0.717, 1.165) is 0 Å². The Hall–Kier alpha value is -0.450. The maximum absolute atomic E-state index is 11.0. The topological polar surface area (TPSA) is 49.8 Å². The first-order valence-electron chi connectivity index (χ1n) is 5.00. The van der Waals surface area contributed by atoms with Crippen LogP contribution in [0.15, 0.2) is 0 Å². The third-order valence-electron chi connectivity index (χ3n) is 2.13. The Morgan fingerprint density at radius 3 is 2.29 bits per heavy atom. The van der Waals surface area contributed by atoms with Crippen molar-refractivity contribution < 1.29 is 14.6 Å². The minimum absolute atomic E-state index is 0.268. The van der Waals surface area contributed by atoms with E-state index in [-0.39, 0.29) is 11.4 Å². The average Bonchev–Trinajstić information content (AvgIpc) is 2.02. The predicted octanol–water partition coefficient (Wildman–Crippen LogP) is 0.742. The molecule has 1 heterocycles. The van der Waals surface area contributed by atoms with Gasteiger partial charge < -0.3 is 9.84 Å². The van der Waals surface area contributed by atoms with Gasteiger partial charge in [-0.2, -0.15) is 0 Å². The number of hydrogen-bond donors (Lipinski definition) is 1. The molecule has 0 spiro atoms. The van der Waals surface area contributed by atoms with E-state index in [4.69, 9.17) is 4.74 Å². The molecule has 1 rings (SSSR count). The van der Waals surface area contributed by atoms with Crippen LogP contribution in [-0.2, 0) is 9.53 Å². The first-order chi connectivity index (χ1) is 6.38. The van der Waals surface area contributed by atoms with E-state index < -0.39 is 6.41 Å². The summed E-state index contributed by atoms with van der Waals surface area (Å²) in [4.78, 5) is 12.8. The van der Waals surface area contributed by atoms with Crippen LogP contribution in [0.25, 0.3) is 0 Å². The van der Waals surface area contributed by atoms with Crippen molar-refractivity contribution >= 4 is 5.78 Å². The Labute approximate surface area is 84.8 Å². The molecule has 4 heteroatoms. The molecule has 0 saturated carbocycles. The average molecular weight is 201 g/mol. The van der Waals surface area contributed by atoms with Gasteiger partial charge in [-0.15, -0.1) is 0 Å². The highest BCUT2D eigenvalue weighted by Gasteiger charge is 2.25. The molecule has 4 nitrogen and oxygen atoms in total. The molecule has 1 N–H and O–H groups in total. The second kappa shape index (κ2) is 4.38. The van der Waals surface area contributed by atoms with Crippen molar-refractivity contribution in [2.24, 2.45) is 0 Å². The molecule has 1 atom stereocenters. The number of nitrogens with zero attached hydrogens (tertiary/aromatic N) is 1. The number of carbonyl (C=O) groups is 1. The number of aliphatic hydroxyl groups is 1. The Morgan fingerprint density at radius 2 is 1.86 bits per heavy atom. The number of rotatable bonds is 2. The van der Waals surface area contributed by atoms with Gasteiger partial charge in [-0.25, -0.2) is 0 Å². The van der Waals surface area contributed by atoms with Crippen LogP contribution in [0.4, 0.5) is 0 Å². The van der Waals surface area contributed by atoms with E-state index >= 15 is 0 Å². The van der Waals surface area contributed by atoms with E-state index in [1.165, 1.54) is 0 Å². The standard InChI is InChI=1S/C10H19NO3/c1-10(2,3)14-9(13)11-6-4-8(12)5-7-11/h9,13H,4-7H2,1-3H3/t9-/m1/s1. The van der Waals surface area contributed by atoms with Crippen LogP contribution >= 0.6 is 0 Å². The number of piperidine rings is 1. The van der Waals surface area contributed by atoms with Crippen LogP contribution in [0.1, 0.15) is 33.6 Å². The van der Waals surface area contributed by atoms with Crippen molar-refractivity contribution in [2.45, 2.75) is 45.6 Å². The van der Waals surface area contributed by atoms with Gasteiger partial charge in [-0.3, -0.25) is 9.69 Å². The Bertz CT molecular complexity index is 200. The highest BCUT2D eigenvalue weighted by molar-refractivity contribution is 5.79. The van der Waals surface area contributed by atoms with Crippen molar-refractivity contribution in [3.05, 3.63) is 0 Å². The second-order valence-electron chi connectivity index (χ2n) is 4.63. The number of aliphatic hydroxyl groups excluding tert-OH is 1. The lowest BCUT2D eigenvalue weighted by molar-refractivity contribution is -0.240. The van der Waals surface area contributed by atoms with Gasteiger partial charge in [0.2, 0.25) is 6.41 Å². The predicted molar refractivity (Wildman–Crippen MR) is 52.7 cm³/mol. The minimum Gasteiger partial charge on any atom is -0.356 e. The van der Waals surface area contributed by atoms with Crippen LogP contribution < -0.4 is 0 Å². The summed E-state index contributed by atoms with van der Waals surface area (Å²) in [6.45, 7) is 6.87. The summed E-state index contributed by atoms with van der Waals surface area (Å²) in [5, 5.41) is 9.69. The fourth-order valence-electron chi connectivity index (χ4n) is 1.39. The monoisotopic (exact) mass is 201 g/mol. The maximum atomic E-state index is 11.0. The van der Waals surface area contributed by atoms with Crippen molar-refractivity contribution in [2.75, 3.05) is 13.1 Å². The molecule has 0 aromatic carbocycles. The SMILES string of the molecule is CC(C)(C)O[C@@H](O)N1CCC(=O)CC1. The maximum Gasteiger partial charge on any atom is 0.216 e. The van der Waals surface area contributed by atoms with Crippen LogP contribution in [0.5, 0.6) is 0 Å². The fraction of sp³-hybridized carbons (Fsp3) is 0.900. The molecule has 1 saturated heterocycles. The molecule has 14 heavy (non-hydrogen) atoms. The van der Waals surface area contributed by atoms with Gasteiger partial charge in [0.15, 0.2) is 0 Å². The number of carbonyl (C=O) groups excluding carboxylic acids is 1. The van der Waals surface area contributed by atoms with Crippen LogP contribution in [0.3, 0.4) is 0 Å². The summed E-state index contributed by atoms with van der Waals surface area (Å²) in [6.07, 6.45) is 0.151. The van der Waals surface area contributed by atoms with Gasteiger partial charge in [0.05, 0.1) is 5.60 Å². The molecule has 0 aliphatic carbocycles. The first kappa shape index (κ1) is 11.6. The van der Waals surface area contributed by atoms with Gasteiger partial charge in [-0.05, 0) is 20.8 Å². The lowest BCUT2D eigenvalue weighted by Crippen LogP contribution is -2.45. The molecule has 0 bridgehead atoms. The number of hydrogen-bond acceptors (Lipinski definition) is 4. The third kappa shape index (κ3) is 3.74. The molecule has 0 amide bonds. The summed E-state index contributed by atoms with van der Waals surface area (Å²) in [6, 6.07) is 0. The first-order valence-corrected chi connectivity index (χ1v) is 5.00. The lowest BCUT2D eigenvalue weighted by Gasteiger charge is -2.34. The highest BCUT2D eigenvalue weighted by Crippen LogP contribution is 2.15. The molecule has 1 aliphatic rings. The van der Waals surface area contributed by atoms with Gasteiger partial charge in [0, 0.05) is 25.9 Å². The number of likely N-dealkylation sites (tertiary alicyclic amines) is 1. The quantitative estimate of drug-likeness (QED) is 0.669. The molecule has 82 valence electrons. The zero-order chi connectivity index (χ0) is 10.8. The van der Waals surface area contributed by atoms with E-state index in [1.54, 1.807) is 4.90 Å². The number of ether oxygens (including phenoxy) is 1. The summed E-state index contributed by atoms with van der Waals surface area (Å²) < 4.78 is 5.38. The Balaban J connectivity index is 2.38. The van der Waals surface area contributed by atoms with Gasteiger partial charge in [0.25, 0.3) is 0 Å². The van der Waals surface area contributed by atoms with Crippen molar-refractivity contribution in [1.82, 2.24) is 4.90 Å². The lowest BCUT2D eigenvalue weighted by atomic mass is 10.1. The normalized spacial score (nSPS) is 22.4. The zero-order valence-corrected chi connectivity index (χ0v) is 9.12. The number of Topliss-reactive ketones (excluding diaryl/α,β-unsaturated/α-hetero) is 1.